The van der Waals surface area contributed by atoms with Gasteiger partial charge in [0.15, 0.2) is 5.82 Å². The van der Waals surface area contributed by atoms with Crippen LogP contribution in [0.3, 0.4) is 0 Å². The minimum atomic E-state index is -1.15. The van der Waals surface area contributed by atoms with Crippen LogP contribution in [0, 0.1) is 0 Å². The number of aliphatic carboxylic acids is 1. The van der Waals surface area contributed by atoms with E-state index in [4.69, 9.17) is 0 Å². The number of para-hydroxylation sites is 2. The van der Waals surface area contributed by atoms with Gasteiger partial charge >= 0.3 is 0 Å². The van der Waals surface area contributed by atoms with E-state index in [9.17, 15) is 9.90 Å². The number of pyridine rings is 1. The molecule has 0 fully saturated rings. The quantitative estimate of drug-likeness (QED) is 0.692. The highest BCUT2D eigenvalue weighted by molar-refractivity contribution is 5.81. The summed E-state index contributed by atoms with van der Waals surface area (Å²) in [4.78, 5) is 19.6. The molecule has 0 atom stereocenters. The molecule has 0 unspecified atom stereocenters. The summed E-state index contributed by atoms with van der Waals surface area (Å²) >= 11 is 0. The van der Waals surface area contributed by atoms with Gasteiger partial charge in [-0.1, -0.05) is 18.2 Å². The van der Waals surface area contributed by atoms with E-state index in [0.717, 1.165) is 11.0 Å². The van der Waals surface area contributed by atoms with E-state index in [1.54, 1.807) is 22.9 Å². The summed E-state index contributed by atoms with van der Waals surface area (Å²) in [7, 11) is 0. The highest BCUT2D eigenvalue weighted by Crippen LogP contribution is 2.22. The van der Waals surface area contributed by atoms with Crippen molar-refractivity contribution in [2.75, 3.05) is 0 Å². The van der Waals surface area contributed by atoms with Crippen molar-refractivity contribution >= 4 is 17.0 Å². The van der Waals surface area contributed by atoms with Crippen LogP contribution in [-0.4, -0.2) is 20.5 Å². The average molecular weight is 252 g/mol. The number of rotatable bonds is 3. The number of nitrogens with zero attached hydrogens (tertiary/aromatic N) is 3. The molecular weight excluding hydrogens is 242 g/mol. The molecule has 0 N–H and O–H groups in total. The van der Waals surface area contributed by atoms with E-state index < -0.39 is 5.97 Å². The van der Waals surface area contributed by atoms with E-state index >= 15 is 0 Å². The zero-order chi connectivity index (χ0) is 13.2. The fourth-order valence-electron chi connectivity index (χ4n) is 2.06. The summed E-state index contributed by atoms with van der Waals surface area (Å²) in [5.74, 6) is -0.619. The van der Waals surface area contributed by atoms with E-state index in [-0.39, 0.29) is 6.54 Å². The third-order valence-electron chi connectivity index (χ3n) is 2.84. The van der Waals surface area contributed by atoms with Gasteiger partial charge in [0.1, 0.15) is 5.69 Å². The molecule has 5 heteroatoms. The van der Waals surface area contributed by atoms with Gasteiger partial charge < -0.3 is 14.5 Å². The van der Waals surface area contributed by atoms with Crippen LogP contribution in [0.4, 0.5) is 0 Å². The van der Waals surface area contributed by atoms with Crippen LogP contribution in [0.25, 0.3) is 22.6 Å². The van der Waals surface area contributed by atoms with Gasteiger partial charge in [-0.3, -0.25) is 4.98 Å². The van der Waals surface area contributed by atoms with Crippen molar-refractivity contribution in [2.24, 2.45) is 0 Å². The zero-order valence-electron chi connectivity index (χ0n) is 9.98. The van der Waals surface area contributed by atoms with Gasteiger partial charge in [0.25, 0.3) is 0 Å². The molecule has 2 aromatic heterocycles. The number of carbonyl (C=O) groups excluding carboxylic acids is 1. The van der Waals surface area contributed by atoms with Crippen molar-refractivity contribution in [2.45, 2.75) is 6.54 Å². The summed E-state index contributed by atoms with van der Waals surface area (Å²) in [5, 5.41) is 10.9. The van der Waals surface area contributed by atoms with Crippen LogP contribution in [0.2, 0.25) is 0 Å². The van der Waals surface area contributed by atoms with Gasteiger partial charge in [0.2, 0.25) is 0 Å². The van der Waals surface area contributed by atoms with Crippen molar-refractivity contribution < 1.29 is 9.90 Å². The van der Waals surface area contributed by atoms with Crippen molar-refractivity contribution in [3.63, 3.8) is 0 Å². The lowest BCUT2D eigenvalue weighted by Crippen LogP contribution is -2.27. The molecule has 0 amide bonds. The standard InChI is InChI=1S/C14H11N3O2/c18-13(19)9-17-12-7-2-1-5-10(12)16-14(17)11-6-3-4-8-15-11/h1-8H,9H2,(H,18,19)/p-1. The van der Waals surface area contributed by atoms with E-state index in [0.29, 0.717) is 11.5 Å². The maximum absolute atomic E-state index is 10.9. The first-order valence-electron chi connectivity index (χ1n) is 5.82. The molecule has 1 aromatic carbocycles. The molecule has 0 spiro atoms. The lowest BCUT2D eigenvalue weighted by atomic mass is 10.3. The molecule has 0 bridgehead atoms. The predicted octanol–water partition coefficient (Wildman–Crippen LogP) is 0.848. The number of aromatic nitrogens is 3. The number of hydrogen-bond acceptors (Lipinski definition) is 4. The van der Waals surface area contributed by atoms with Crippen molar-refractivity contribution in [1.82, 2.24) is 14.5 Å². The van der Waals surface area contributed by atoms with Crippen molar-refractivity contribution in [1.29, 1.82) is 0 Å². The Balaban J connectivity index is 2.26. The molecule has 2 heterocycles. The smallest absolute Gasteiger partial charge is 0.160 e. The Bertz CT molecular complexity index is 735. The molecule has 5 nitrogen and oxygen atoms in total. The second kappa shape index (κ2) is 4.53. The molecule has 0 aliphatic carbocycles. The molecule has 0 saturated carbocycles. The number of carbonyl (C=O) groups is 1. The van der Waals surface area contributed by atoms with E-state index in [1.807, 2.05) is 30.3 Å². The van der Waals surface area contributed by atoms with Gasteiger partial charge in [-0.05, 0) is 24.3 Å². The van der Waals surface area contributed by atoms with E-state index in [1.165, 1.54) is 0 Å². The van der Waals surface area contributed by atoms with Gasteiger partial charge in [0, 0.05) is 6.20 Å². The minimum Gasteiger partial charge on any atom is -0.548 e. The fraction of sp³-hybridized carbons (Fsp3) is 0.0714. The maximum atomic E-state index is 10.9. The SMILES string of the molecule is O=C([O-])Cn1c(-c2ccccn2)nc2ccccc21. The Morgan fingerprint density at radius 3 is 2.68 bits per heavy atom. The van der Waals surface area contributed by atoms with Crippen molar-refractivity contribution in [3.8, 4) is 11.5 Å². The van der Waals surface area contributed by atoms with Crippen LogP contribution in [0.5, 0.6) is 0 Å². The lowest BCUT2D eigenvalue weighted by Gasteiger charge is -2.09. The third kappa shape index (κ3) is 2.06. The Morgan fingerprint density at radius 1 is 1.16 bits per heavy atom. The molecule has 0 saturated heterocycles. The van der Waals surface area contributed by atoms with Gasteiger partial charge in [0.05, 0.1) is 23.5 Å². The fourth-order valence-corrected chi connectivity index (χ4v) is 2.06. The highest BCUT2D eigenvalue weighted by Gasteiger charge is 2.12. The normalized spacial score (nSPS) is 10.7. The number of fused-ring (bicyclic) bond motifs is 1. The Labute approximate surface area is 109 Å². The lowest BCUT2D eigenvalue weighted by molar-refractivity contribution is -0.306. The maximum Gasteiger partial charge on any atom is 0.160 e. The number of benzene rings is 1. The predicted molar refractivity (Wildman–Crippen MR) is 68.0 cm³/mol. The topological polar surface area (TPSA) is 70.8 Å². The zero-order valence-corrected chi connectivity index (χ0v) is 9.98. The Kier molecular flexibility index (Phi) is 2.72. The van der Waals surface area contributed by atoms with Crippen LogP contribution in [0.1, 0.15) is 0 Å². The summed E-state index contributed by atoms with van der Waals surface area (Å²) in [6.45, 7) is -0.244. The van der Waals surface area contributed by atoms with Gasteiger partial charge in [-0.15, -0.1) is 0 Å². The summed E-state index contributed by atoms with van der Waals surface area (Å²) in [5.41, 5.74) is 2.14. The molecule has 3 aromatic rings. The van der Waals surface area contributed by atoms with Crippen LogP contribution < -0.4 is 5.11 Å². The number of hydrogen-bond donors (Lipinski definition) is 0. The molecule has 0 radical (unpaired) electrons. The number of carboxylic acids is 1. The Morgan fingerprint density at radius 2 is 1.95 bits per heavy atom. The highest BCUT2D eigenvalue weighted by atomic mass is 16.4. The van der Waals surface area contributed by atoms with Gasteiger partial charge in [-0.2, -0.15) is 0 Å². The first-order valence-corrected chi connectivity index (χ1v) is 5.82. The first kappa shape index (κ1) is 11.4. The van der Waals surface area contributed by atoms with E-state index in [2.05, 4.69) is 9.97 Å². The molecule has 0 aliphatic rings. The monoisotopic (exact) mass is 252 g/mol. The summed E-state index contributed by atoms with van der Waals surface area (Å²) < 4.78 is 1.60. The minimum absolute atomic E-state index is 0.244. The molecule has 0 aliphatic heterocycles. The molecular formula is C14H10N3O2-. The second-order valence-electron chi connectivity index (χ2n) is 4.10. The molecule has 19 heavy (non-hydrogen) atoms. The number of imidazole rings is 1. The first-order chi connectivity index (χ1) is 9.25. The summed E-state index contributed by atoms with van der Waals surface area (Å²) in [6, 6.07) is 12.8. The van der Waals surface area contributed by atoms with Crippen LogP contribution in [-0.2, 0) is 11.3 Å². The van der Waals surface area contributed by atoms with Crippen molar-refractivity contribution in [3.05, 3.63) is 48.7 Å². The summed E-state index contributed by atoms with van der Waals surface area (Å²) in [6.07, 6.45) is 1.65. The van der Waals surface area contributed by atoms with Crippen LogP contribution >= 0.6 is 0 Å². The Hall–Kier alpha value is -2.69. The largest absolute Gasteiger partial charge is 0.548 e. The molecule has 94 valence electrons. The van der Waals surface area contributed by atoms with Gasteiger partial charge in [-0.25, -0.2) is 4.98 Å². The average Bonchev–Trinajstić information content (AvgIpc) is 2.78. The second-order valence-corrected chi connectivity index (χ2v) is 4.10. The third-order valence-corrected chi connectivity index (χ3v) is 2.84. The molecule has 3 rings (SSSR count). The van der Waals surface area contributed by atoms with Crippen LogP contribution in [0.15, 0.2) is 48.7 Å². The number of carboxylic acid groups (broad SMARTS) is 1.